The molecule has 142 valence electrons. The molecule has 0 saturated carbocycles. The minimum absolute atomic E-state index is 0. The van der Waals surface area contributed by atoms with E-state index in [-0.39, 0.29) is 12.4 Å². The van der Waals surface area contributed by atoms with Crippen molar-refractivity contribution in [2.45, 2.75) is 13.0 Å². The predicted octanol–water partition coefficient (Wildman–Crippen LogP) is -0.162. The number of ether oxygens (including phenoxy) is 3. The highest BCUT2D eigenvalue weighted by Gasteiger charge is 2.12. The van der Waals surface area contributed by atoms with Gasteiger partial charge < -0.3 is 31.9 Å². The summed E-state index contributed by atoms with van der Waals surface area (Å²) in [7, 11) is 1.65. The van der Waals surface area contributed by atoms with Gasteiger partial charge in [-0.2, -0.15) is 0 Å². The van der Waals surface area contributed by atoms with Crippen LogP contribution in [0, 0.1) is 0 Å². The van der Waals surface area contributed by atoms with Crippen molar-refractivity contribution < 1.29 is 26.6 Å². The van der Waals surface area contributed by atoms with Gasteiger partial charge in [-0.3, -0.25) is 4.90 Å². The third-order valence-corrected chi connectivity index (χ3v) is 4.48. The van der Waals surface area contributed by atoms with Gasteiger partial charge in [0.05, 0.1) is 24.8 Å². The lowest BCUT2D eigenvalue weighted by atomic mass is 10.2. The molecule has 0 aliphatic carbocycles. The fourth-order valence-corrected chi connectivity index (χ4v) is 3.25. The molecule has 1 aliphatic heterocycles. The van der Waals surface area contributed by atoms with E-state index in [0.29, 0.717) is 12.4 Å². The minimum Gasteiger partial charge on any atom is -1.00 e. The van der Waals surface area contributed by atoms with Gasteiger partial charge in [0.15, 0.2) is 11.5 Å². The zero-order valence-corrected chi connectivity index (χ0v) is 17.1. The molecule has 1 aliphatic rings. The lowest BCUT2D eigenvalue weighted by Gasteiger charge is -2.26. The highest BCUT2D eigenvalue weighted by Crippen LogP contribution is 2.36. The monoisotopic (exact) mass is 433 g/mol. The summed E-state index contributed by atoms with van der Waals surface area (Å²) < 4.78 is 17.3. The van der Waals surface area contributed by atoms with Crippen LogP contribution >= 0.6 is 15.9 Å². The van der Waals surface area contributed by atoms with Gasteiger partial charge in [-0.25, -0.2) is 0 Å². The van der Waals surface area contributed by atoms with E-state index < -0.39 is 0 Å². The second-order valence-corrected chi connectivity index (χ2v) is 6.55. The van der Waals surface area contributed by atoms with E-state index in [9.17, 15) is 0 Å². The van der Waals surface area contributed by atoms with Crippen molar-refractivity contribution in [3.63, 3.8) is 0 Å². The summed E-state index contributed by atoms with van der Waals surface area (Å²) in [6.07, 6.45) is 2.86. The molecule has 1 aromatic rings. The molecule has 0 aromatic heterocycles. The second-order valence-electron chi connectivity index (χ2n) is 5.69. The van der Waals surface area contributed by atoms with E-state index in [2.05, 4.69) is 38.8 Å². The number of rotatable bonds is 10. The van der Waals surface area contributed by atoms with Crippen LogP contribution in [0.5, 0.6) is 11.5 Å². The minimum atomic E-state index is 0. The summed E-state index contributed by atoms with van der Waals surface area (Å²) in [6, 6.07) is 4.08. The van der Waals surface area contributed by atoms with Gasteiger partial charge in [-0.1, -0.05) is 12.7 Å². The molecule has 5 nitrogen and oxygen atoms in total. The van der Waals surface area contributed by atoms with E-state index in [4.69, 9.17) is 14.2 Å². The van der Waals surface area contributed by atoms with Crippen LogP contribution in [0.1, 0.15) is 12.0 Å². The lowest BCUT2D eigenvalue weighted by Crippen LogP contribution is -3.00. The van der Waals surface area contributed by atoms with Gasteiger partial charge in [-0.05, 0) is 53.1 Å². The number of methoxy groups -OCH3 is 1. The maximum absolute atomic E-state index is 5.65. The van der Waals surface area contributed by atoms with Gasteiger partial charge in [-0.15, -0.1) is 0 Å². The Hall–Kier alpha value is -0.790. The van der Waals surface area contributed by atoms with Crippen molar-refractivity contribution in [2.75, 3.05) is 53.1 Å². The number of morpholine rings is 1. The summed E-state index contributed by atoms with van der Waals surface area (Å²) in [6.45, 7) is 10.9. The smallest absolute Gasteiger partial charge is 0.175 e. The van der Waals surface area contributed by atoms with E-state index in [0.717, 1.165) is 68.1 Å². The molecule has 1 heterocycles. The van der Waals surface area contributed by atoms with Crippen LogP contribution in [0.2, 0.25) is 0 Å². The molecule has 0 spiro atoms. The Morgan fingerprint density at radius 2 is 2.12 bits per heavy atom. The Morgan fingerprint density at radius 1 is 1.36 bits per heavy atom. The van der Waals surface area contributed by atoms with E-state index in [1.807, 2.05) is 6.07 Å². The largest absolute Gasteiger partial charge is 1.00 e. The van der Waals surface area contributed by atoms with Crippen molar-refractivity contribution >= 4 is 15.9 Å². The van der Waals surface area contributed by atoms with Crippen LogP contribution in [0.4, 0.5) is 0 Å². The van der Waals surface area contributed by atoms with E-state index in [1.165, 1.54) is 0 Å². The third-order valence-electron chi connectivity index (χ3n) is 3.90. The van der Waals surface area contributed by atoms with Gasteiger partial charge in [0, 0.05) is 19.6 Å². The Morgan fingerprint density at radius 3 is 2.80 bits per heavy atom. The average molecular weight is 435 g/mol. The molecule has 0 amide bonds. The SMILES string of the molecule is C=CCOc1c(Br)cc(CNCCCN2CCOCC2)cc1OC.[Cl-]. The maximum Gasteiger partial charge on any atom is 0.175 e. The van der Waals surface area contributed by atoms with Crippen LogP contribution in [0.15, 0.2) is 29.3 Å². The molecular formula is C18H27BrClN2O3-. The van der Waals surface area contributed by atoms with Crippen LogP contribution in [-0.2, 0) is 11.3 Å². The van der Waals surface area contributed by atoms with Crippen LogP contribution in [0.25, 0.3) is 0 Å². The molecule has 1 fully saturated rings. The first-order valence-corrected chi connectivity index (χ1v) is 9.15. The fourth-order valence-electron chi connectivity index (χ4n) is 2.64. The summed E-state index contributed by atoms with van der Waals surface area (Å²) >= 11 is 3.56. The van der Waals surface area contributed by atoms with Crippen molar-refractivity contribution in [3.05, 3.63) is 34.8 Å². The quantitative estimate of drug-likeness (QED) is 0.409. The van der Waals surface area contributed by atoms with Crippen molar-refractivity contribution in [3.8, 4) is 11.5 Å². The molecule has 0 bridgehead atoms. The Kier molecular flexibility index (Phi) is 11.2. The highest BCUT2D eigenvalue weighted by atomic mass is 79.9. The molecule has 25 heavy (non-hydrogen) atoms. The third kappa shape index (κ3) is 7.54. The number of hydrogen-bond acceptors (Lipinski definition) is 5. The number of nitrogens with one attached hydrogen (secondary N) is 1. The lowest BCUT2D eigenvalue weighted by molar-refractivity contribution is -0.00000699. The summed E-state index contributed by atoms with van der Waals surface area (Å²) in [5.41, 5.74) is 1.16. The molecular weight excluding hydrogens is 408 g/mol. The van der Waals surface area contributed by atoms with E-state index >= 15 is 0 Å². The fraction of sp³-hybridized carbons (Fsp3) is 0.556. The average Bonchev–Trinajstić information content (AvgIpc) is 2.61. The first kappa shape index (κ1) is 22.3. The zero-order valence-electron chi connectivity index (χ0n) is 14.7. The second kappa shape index (κ2) is 12.5. The van der Waals surface area contributed by atoms with Crippen LogP contribution in [0.3, 0.4) is 0 Å². The van der Waals surface area contributed by atoms with Gasteiger partial charge in [0.1, 0.15) is 6.61 Å². The normalized spacial score (nSPS) is 14.6. The van der Waals surface area contributed by atoms with Crippen molar-refractivity contribution in [1.82, 2.24) is 10.2 Å². The van der Waals surface area contributed by atoms with E-state index in [1.54, 1.807) is 13.2 Å². The molecule has 2 rings (SSSR count). The van der Waals surface area contributed by atoms with Gasteiger partial charge in [0.2, 0.25) is 0 Å². The van der Waals surface area contributed by atoms with Crippen LogP contribution < -0.4 is 27.2 Å². The standard InChI is InChI=1S/C18H27BrN2O3.ClH/c1-3-9-24-18-16(19)12-15(13-17(18)22-2)14-20-5-4-6-21-7-10-23-11-8-21;/h3,12-13,20H,1,4-11,14H2,2H3;1H/p-1. The predicted molar refractivity (Wildman–Crippen MR) is 100.0 cm³/mol. The first-order valence-electron chi connectivity index (χ1n) is 8.35. The topological polar surface area (TPSA) is 43.0 Å². The number of hydrogen-bond donors (Lipinski definition) is 1. The molecule has 0 radical (unpaired) electrons. The zero-order chi connectivity index (χ0) is 17.2. The Labute approximate surface area is 165 Å². The van der Waals surface area contributed by atoms with Crippen molar-refractivity contribution in [2.24, 2.45) is 0 Å². The van der Waals surface area contributed by atoms with Gasteiger partial charge >= 0.3 is 0 Å². The highest BCUT2D eigenvalue weighted by molar-refractivity contribution is 9.10. The summed E-state index contributed by atoms with van der Waals surface area (Å²) in [4.78, 5) is 2.45. The molecule has 1 aromatic carbocycles. The van der Waals surface area contributed by atoms with Crippen molar-refractivity contribution in [1.29, 1.82) is 0 Å². The first-order chi connectivity index (χ1) is 11.7. The molecule has 7 heteroatoms. The van der Waals surface area contributed by atoms with Gasteiger partial charge in [0.25, 0.3) is 0 Å². The molecule has 0 atom stereocenters. The summed E-state index contributed by atoms with van der Waals surface area (Å²) in [5.74, 6) is 1.45. The Balaban J connectivity index is 0.00000312. The number of nitrogens with zero attached hydrogens (tertiary/aromatic N) is 1. The molecule has 0 unspecified atom stereocenters. The Bertz CT molecular complexity index is 525. The number of benzene rings is 1. The molecule has 1 N–H and O–H groups in total. The maximum atomic E-state index is 5.65. The number of halogens is 2. The van der Waals surface area contributed by atoms with Crippen LogP contribution in [-0.4, -0.2) is 58.0 Å². The summed E-state index contributed by atoms with van der Waals surface area (Å²) in [5, 5.41) is 3.49. The molecule has 1 saturated heterocycles.